The van der Waals surface area contributed by atoms with Crippen molar-refractivity contribution in [1.29, 1.82) is 0 Å². The standard InChI is InChI=1S/C6H5N3.C2H6N2.C2H6/c1-2-4-6-5(3-1)7-9-8-6;1-3-4-2;1-2/h1-4H,(H,7,8,9);1-2H3;1-2H3. The third-order valence-electron chi connectivity index (χ3n) is 1.42. The lowest BCUT2D eigenvalue weighted by atomic mass is 10.3. The second-order valence-electron chi connectivity index (χ2n) is 2.21. The van der Waals surface area contributed by atoms with E-state index in [0.29, 0.717) is 0 Å². The largest absolute Gasteiger partial charge is 0.198 e. The number of hydrogen-bond acceptors (Lipinski definition) is 4. The van der Waals surface area contributed by atoms with Gasteiger partial charge in [0.05, 0.1) is 0 Å². The van der Waals surface area contributed by atoms with Crippen LogP contribution in [0, 0.1) is 0 Å². The zero-order valence-corrected chi connectivity index (χ0v) is 9.60. The molecule has 0 bridgehead atoms. The molecule has 5 nitrogen and oxygen atoms in total. The van der Waals surface area contributed by atoms with Gasteiger partial charge in [-0.2, -0.15) is 25.6 Å². The molecule has 0 saturated heterocycles. The van der Waals surface area contributed by atoms with Crippen molar-refractivity contribution in [3.63, 3.8) is 0 Å². The zero-order valence-electron chi connectivity index (χ0n) is 9.60. The van der Waals surface area contributed by atoms with Gasteiger partial charge in [-0.1, -0.05) is 26.0 Å². The molecule has 0 aliphatic rings. The van der Waals surface area contributed by atoms with Crippen LogP contribution in [0.5, 0.6) is 0 Å². The molecule has 0 amide bonds. The van der Waals surface area contributed by atoms with Crippen LogP contribution in [0.15, 0.2) is 34.5 Å². The molecule has 1 aromatic carbocycles. The van der Waals surface area contributed by atoms with E-state index >= 15 is 0 Å². The molecular weight excluding hydrogens is 190 g/mol. The number of nitrogens with zero attached hydrogens (tertiary/aromatic N) is 4. The summed E-state index contributed by atoms with van der Waals surface area (Å²) in [5.74, 6) is 0. The molecule has 0 aliphatic heterocycles. The Hall–Kier alpha value is -1.78. The van der Waals surface area contributed by atoms with Gasteiger partial charge in [-0.15, -0.1) is 0 Å². The van der Waals surface area contributed by atoms with Gasteiger partial charge in [0, 0.05) is 14.1 Å². The number of hydrogen-bond donors (Lipinski definition) is 1. The summed E-state index contributed by atoms with van der Waals surface area (Å²) in [6.45, 7) is 4.00. The molecule has 0 radical (unpaired) electrons. The highest BCUT2D eigenvalue weighted by Gasteiger charge is 1.90. The Morgan fingerprint density at radius 1 is 0.933 bits per heavy atom. The van der Waals surface area contributed by atoms with Crippen molar-refractivity contribution < 1.29 is 0 Å². The van der Waals surface area contributed by atoms with Crippen LogP contribution in [-0.2, 0) is 0 Å². The maximum Gasteiger partial charge on any atom is 0.112 e. The van der Waals surface area contributed by atoms with Crippen LogP contribution >= 0.6 is 0 Å². The Labute approximate surface area is 89.6 Å². The minimum Gasteiger partial charge on any atom is -0.198 e. The van der Waals surface area contributed by atoms with Gasteiger partial charge in [-0.3, -0.25) is 0 Å². The molecule has 0 saturated carbocycles. The number of aromatic nitrogens is 3. The highest BCUT2D eigenvalue weighted by molar-refractivity contribution is 5.72. The first kappa shape index (κ1) is 13.2. The predicted molar refractivity (Wildman–Crippen MR) is 61.9 cm³/mol. The lowest BCUT2D eigenvalue weighted by molar-refractivity contribution is 0.959. The van der Waals surface area contributed by atoms with Crippen LogP contribution in [0.2, 0.25) is 0 Å². The molecule has 5 heteroatoms. The summed E-state index contributed by atoms with van der Waals surface area (Å²) < 4.78 is 0. The van der Waals surface area contributed by atoms with Gasteiger partial charge >= 0.3 is 0 Å². The van der Waals surface area contributed by atoms with E-state index in [1.807, 2.05) is 38.1 Å². The quantitative estimate of drug-likeness (QED) is 0.675. The Bertz CT molecular complexity index is 346. The minimum atomic E-state index is 0.914. The number of aromatic amines is 1. The van der Waals surface area contributed by atoms with E-state index < -0.39 is 0 Å². The first-order valence-corrected chi connectivity index (χ1v) is 4.82. The van der Waals surface area contributed by atoms with Crippen molar-refractivity contribution in [1.82, 2.24) is 15.4 Å². The average molecular weight is 207 g/mol. The van der Waals surface area contributed by atoms with Gasteiger partial charge in [0.1, 0.15) is 11.0 Å². The molecule has 1 N–H and O–H groups in total. The number of azo groups is 1. The normalized spacial score (nSPS) is 9.07. The first-order valence-electron chi connectivity index (χ1n) is 4.82. The number of H-pyrrole nitrogens is 1. The fourth-order valence-electron chi connectivity index (χ4n) is 0.786. The summed E-state index contributed by atoms with van der Waals surface area (Å²) in [5.41, 5.74) is 1.83. The number of fused-ring (bicyclic) bond motifs is 1. The molecule has 0 spiro atoms. The summed E-state index contributed by atoms with van der Waals surface area (Å²) in [4.78, 5) is 0. The molecule has 0 atom stereocenters. The third-order valence-corrected chi connectivity index (χ3v) is 1.42. The monoisotopic (exact) mass is 207 g/mol. The van der Waals surface area contributed by atoms with Crippen LogP contribution in [0.3, 0.4) is 0 Å². The van der Waals surface area contributed by atoms with Crippen molar-refractivity contribution >= 4 is 11.0 Å². The Morgan fingerprint density at radius 2 is 1.33 bits per heavy atom. The summed E-state index contributed by atoms with van der Waals surface area (Å²) in [7, 11) is 3.28. The lowest BCUT2D eigenvalue weighted by Crippen LogP contribution is -1.63. The van der Waals surface area contributed by atoms with E-state index in [2.05, 4.69) is 25.6 Å². The van der Waals surface area contributed by atoms with E-state index in [0.717, 1.165) is 11.0 Å². The molecule has 0 fully saturated rings. The van der Waals surface area contributed by atoms with Crippen molar-refractivity contribution in [2.75, 3.05) is 14.1 Å². The van der Waals surface area contributed by atoms with Crippen molar-refractivity contribution in [2.24, 2.45) is 10.2 Å². The van der Waals surface area contributed by atoms with E-state index in [1.165, 1.54) is 0 Å². The second-order valence-corrected chi connectivity index (χ2v) is 2.21. The van der Waals surface area contributed by atoms with E-state index in [4.69, 9.17) is 0 Å². The Balaban J connectivity index is 0.000000282. The fraction of sp³-hybridized carbons (Fsp3) is 0.400. The first-order chi connectivity index (χ1) is 7.38. The van der Waals surface area contributed by atoms with Gasteiger partial charge in [-0.25, -0.2) is 0 Å². The average Bonchev–Trinajstić information content (AvgIpc) is 2.80. The smallest absolute Gasteiger partial charge is 0.112 e. The van der Waals surface area contributed by atoms with Crippen LogP contribution in [0.4, 0.5) is 0 Å². The van der Waals surface area contributed by atoms with E-state index in [9.17, 15) is 0 Å². The van der Waals surface area contributed by atoms with Crippen LogP contribution in [0.25, 0.3) is 11.0 Å². The minimum absolute atomic E-state index is 0.914. The molecule has 0 aliphatic carbocycles. The maximum absolute atomic E-state index is 3.88. The molecule has 82 valence electrons. The highest BCUT2D eigenvalue weighted by Crippen LogP contribution is 2.03. The molecule has 0 unspecified atom stereocenters. The van der Waals surface area contributed by atoms with Gasteiger partial charge in [-0.05, 0) is 12.1 Å². The SMILES string of the molecule is CC.CN=NC.c1ccc2n[nH]nc2c1. The molecule has 15 heavy (non-hydrogen) atoms. The number of para-hydroxylation sites is 2. The fourth-order valence-corrected chi connectivity index (χ4v) is 0.786. The van der Waals surface area contributed by atoms with Crippen molar-refractivity contribution in [3.05, 3.63) is 24.3 Å². The van der Waals surface area contributed by atoms with Crippen LogP contribution < -0.4 is 0 Å². The number of nitrogens with one attached hydrogen (secondary N) is 1. The number of rotatable bonds is 0. The zero-order chi connectivity index (χ0) is 11.5. The van der Waals surface area contributed by atoms with E-state index in [-0.39, 0.29) is 0 Å². The second kappa shape index (κ2) is 8.80. The van der Waals surface area contributed by atoms with Gasteiger partial charge < -0.3 is 0 Å². The van der Waals surface area contributed by atoms with Crippen molar-refractivity contribution in [2.45, 2.75) is 13.8 Å². The summed E-state index contributed by atoms with van der Waals surface area (Å²) >= 11 is 0. The molecule has 1 aromatic heterocycles. The van der Waals surface area contributed by atoms with Gasteiger partial charge in [0.2, 0.25) is 0 Å². The van der Waals surface area contributed by atoms with Crippen LogP contribution in [0.1, 0.15) is 13.8 Å². The predicted octanol–water partition coefficient (Wildman–Crippen LogP) is 2.68. The third kappa shape index (κ3) is 4.85. The molecule has 2 rings (SSSR count). The number of benzene rings is 1. The topological polar surface area (TPSA) is 66.3 Å². The van der Waals surface area contributed by atoms with Crippen LogP contribution in [-0.4, -0.2) is 29.5 Å². The summed E-state index contributed by atoms with van der Waals surface area (Å²) in [6.07, 6.45) is 0. The Kier molecular flexibility index (Phi) is 7.76. The molecule has 1 heterocycles. The summed E-state index contributed by atoms with van der Waals surface area (Å²) in [5, 5.41) is 17.0. The molecular formula is C10H17N5. The van der Waals surface area contributed by atoms with Crippen molar-refractivity contribution in [3.8, 4) is 0 Å². The van der Waals surface area contributed by atoms with Gasteiger partial charge in [0.25, 0.3) is 0 Å². The van der Waals surface area contributed by atoms with Gasteiger partial charge in [0.15, 0.2) is 0 Å². The molecule has 2 aromatic rings. The maximum atomic E-state index is 3.88. The highest BCUT2D eigenvalue weighted by atomic mass is 15.3. The van der Waals surface area contributed by atoms with E-state index in [1.54, 1.807) is 14.1 Å². The lowest BCUT2D eigenvalue weighted by Gasteiger charge is -1.78. The summed E-state index contributed by atoms with van der Waals surface area (Å²) in [6, 6.07) is 7.70. The Morgan fingerprint density at radius 3 is 1.67 bits per heavy atom.